The van der Waals surface area contributed by atoms with E-state index in [1.165, 1.54) is 24.0 Å². The zero-order valence-corrected chi connectivity index (χ0v) is 16.0. The second-order valence-electron chi connectivity index (χ2n) is 7.71. The van der Waals surface area contributed by atoms with Gasteiger partial charge in [0.1, 0.15) is 5.82 Å². The maximum Gasteiger partial charge on any atom is 0.163 e. The molecule has 2 N–H and O–H groups in total. The third kappa shape index (κ3) is 3.47. The summed E-state index contributed by atoms with van der Waals surface area (Å²) in [5, 5.41) is 7.19. The number of nitrogens with one attached hydrogen (secondary N) is 2. The number of hydrogen-bond acceptors (Lipinski definition) is 6. The van der Waals surface area contributed by atoms with Crippen molar-refractivity contribution in [2.24, 2.45) is 5.92 Å². The van der Waals surface area contributed by atoms with Gasteiger partial charge in [0.2, 0.25) is 0 Å². The van der Waals surface area contributed by atoms with Gasteiger partial charge in [-0.2, -0.15) is 0 Å². The molecule has 28 heavy (non-hydrogen) atoms. The van der Waals surface area contributed by atoms with Crippen molar-refractivity contribution in [1.29, 1.82) is 0 Å². The Morgan fingerprint density at radius 3 is 2.89 bits per heavy atom. The summed E-state index contributed by atoms with van der Waals surface area (Å²) in [6.45, 7) is 3.85. The molecular formula is C22H24N6. The van der Waals surface area contributed by atoms with E-state index in [1.807, 2.05) is 30.6 Å². The lowest BCUT2D eigenvalue weighted by atomic mass is 10.0. The molecule has 5 rings (SSSR count). The van der Waals surface area contributed by atoms with Crippen LogP contribution < -0.4 is 10.6 Å². The number of hydrogen-bond donors (Lipinski definition) is 2. The van der Waals surface area contributed by atoms with Crippen molar-refractivity contribution in [3.8, 4) is 11.4 Å². The quantitative estimate of drug-likeness (QED) is 0.714. The lowest BCUT2D eigenvalue weighted by Crippen LogP contribution is -2.27. The Labute approximate surface area is 164 Å². The van der Waals surface area contributed by atoms with E-state index in [1.54, 1.807) is 6.20 Å². The Kier molecular flexibility index (Phi) is 4.49. The summed E-state index contributed by atoms with van der Waals surface area (Å²) >= 11 is 0. The Hall–Kier alpha value is -2.86. The normalized spacial score (nSPS) is 17.0. The highest BCUT2D eigenvalue weighted by Crippen LogP contribution is 2.43. The Bertz CT molecular complexity index is 984. The molecule has 3 aromatic heterocycles. The van der Waals surface area contributed by atoms with E-state index in [9.17, 15) is 0 Å². The van der Waals surface area contributed by atoms with Crippen LogP contribution in [0.4, 0.5) is 5.82 Å². The summed E-state index contributed by atoms with van der Waals surface area (Å²) in [5.41, 5.74) is 5.59. The standard InChI is InChI=1S/C22H24N6/c1-14-6-10-25-18(11-14)20(15-4-5-15)27-22-17-7-9-24-13-19(17)26-21(28-22)16-3-2-8-23-12-16/h2-3,6,8,10-12,15,20,24H,4-5,7,9,13H2,1H3,(H,26,27,28)/t20-/m1/s1. The Morgan fingerprint density at radius 1 is 1.18 bits per heavy atom. The first kappa shape index (κ1) is 17.3. The van der Waals surface area contributed by atoms with Gasteiger partial charge < -0.3 is 10.6 Å². The topological polar surface area (TPSA) is 75.6 Å². The average molecular weight is 372 g/mol. The Morgan fingerprint density at radius 2 is 2.11 bits per heavy atom. The second kappa shape index (κ2) is 7.28. The van der Waals surface area contributed by atoms with E-state index in [0.29, 0.717) is 5.92 Å². The molecule has 4 heterocycles. The van der Waals surface area contributed by atoms with E-state index in [4.69, 9.17) is 9.97 Å². The summed E-state index contributed by atoms with van der Waals surface area (Å²) in [6.07, 6.45) is 8.90. The van der Waals surface area contributed by atoms with Crippen molar-refractivity contribution in [2.45, 2.75) is 38.8 Å². The third-order valence-electron chi connectivity index (χ3n) is 5.50. The molecule has 0 radical (unpaired) electrons. The molecule has 3 aromatic rings. The molecule has 1 aliphatic carbocycles. The number of fused-ring (bicyclic) bond motifs is 1. The summed E-state index contributed by atoms with van der Waals surface area (Å²) in [4.78, 5) is 18.7. The lowest BCUT2D eigenvalue weighted by molar-refractivity contribution is 0.615. The molecule has 1 saturated carbocycles. The molecule has 0 bridgehead atoms. The average Bonchev–Trinajstić information content (AvgIpc) is 3.57. The van der Waals surface area contributed by atoms with Crippen LogP contribution in [0.15, 0.2) is 42.9 Å². The van der Waals surface area contributed by atoms with Crippen LogP contribution >= 0.6 is 0 Å². The van der Waals surface area contributed by atoms with Gasteiger partial charge in [0.25, 0.3) is 0 Å². The van der Waals surface area contributed by atoms with Gasteiger partial charge in [0.05, 0.1) is 17.4 Å². The monoisotopic (exact) mass is 372 g/mol. The smallest absolute Gasteiger partial charge is 0.163 e. The van der Waals surface area contributed by atoms with Crippen molar-refractivity contribution >= 4 is 5.82 Å². The lowest BCUT2D eigenvalue weighted by Gasteiger charge is -2.24. The summed E-state index contributed by atoms with van der Waals surface area (Å²) < 4.78 is 0. The highest BCUT2D eigenvalue weighted by atomic mass is 15.1. The molecule has 1 atom stereocenters. The van der Waals surface area contributed by atoms with E-state index < -0.39 is 0 Å². The molecule has 0 unspecified atom stereocenters. The minimum absolute atomic E-state index is 0.190. The van der Waals surface area contributed by atoms with Crippen LogP contribution in [0, 0.1) is 12.8 Å². The molecule has 0 saturated heterocycles. The minimum atomic E-state index is 0.190. The van der Waals surface area contributed by atoms with Gasteiger partial charge in [-0.3, -0.25) is 9.97 Å². The maximum absolute atomic E-state index is 4.94. The van der Waals surface area contributed by atoms with Crippen LogP contribution in [0.1, 0.15) is 41.4 Å². The van der Waals surface area contributed by atoms with Crippen LogP contribution in [0.2, 0.25) is 0 Å². The molecule has 2 aliphatic rings. The highest BCUT2D eigenvalue weighted by Gasteiger charge is 2.34. The highest BCUT2D eigenvalue weighted by molar-refractivity contribution is 5.60. The minimum Gasteiger partial charge on any atom is -0.361 e. The largest absolute Gasteiger partial charge is 0.361 e. The molecule has 142 valence electrons. The summed E-state index contributed by atoms with van der Waals surface area (Å²) in [6, 6.07) is 8.36. The zero-order chi connectivity index (χ0) is 18.9. The first-order valence-corrected chi connectivity index (χ1v) is 9.98. The third-order valence-corrected chi connectivity index (χ3v) is 5.50. The molecule has 0 spiro atoms. The number of nitrogens with zero attached hydrogens (tertiary/aromatic N) is 4. The van der Waals surface area contributed by atoms with Crippen molar-refractivity contribution in [1.82, 2.24) is 25.3 Å². The van der Waals surface area contributed by atoms with Crippen LogP contribution in [0.3, 0.4) is 0 Å². The van der Waals surface area contributed by atoms with Crippen molar-refractivity contribution in [3.05, 3.63) is 65.4 Å². The molecule has 6 heteroatoms. The first-order chi connectivity index (χ1) is 13.8. The summed E-state index contributed by atoms with van der Waals surface area (Å²) in [5.74, 6) is 2.29. The fourth-order valence-corrected chi connectivity index (χ4v) is 3.84. The first-order valence-electron chi connectivity index (χ1n) is 9.98. The van der Waals surface area contributed by atoms with Gasteiger partial charge in [-0.05, 0) is 68.5 Å². The fraction of sp³-hybridized carbons (Fsp3) is 0.364. The summed E-state index contributed by atoms with van der Waals surface area (Å²) in [7, 11) is 0. The number of pyridine rings is 2. The van der Waals surface area contributed by atoms with Gasteiger partial charge in [-0.1, -0.05) is 0 Å². The molecule has 0 aromatic carbocycles. The van der Waals surface area contributed by atoms with Gasteiger partial charge >= 0.3 is 0 Å². The number of aryl methyl sites for hydroxylation is 1. The van der Waals surface area contributed by atoms with Gasteiger partial charge in [0.15, 0.2) is 5.82 Å². The maximum atomic E-state index is 4.94. The van der Waals surface area contributed by atoms with E-state index in [0.717, 1.165) is 48.1 Å². The predicted octanol–water partition coefficient (Wildman–Crippen LogP) is 3.45. The van der Waals surface area contributed by atoms with Crippen LogP contribution in [0.25, 0.3) is 11.4 Å². The van der Waals surface area contributed by atoms with E-state index in [2.05, 4.69) is 33.6 Å². The van der Waals surface area contributed by atoms with E-state index in [-0.39, 0.29) is 6.04 Å². The molecule has 1 aliphatic heterocycles. The fourth-order valence-electron chi connectivity index (χ4n) is 3.84. The predicted molar refractivity (Wildman–Crippen MR) is 109 cm³/mol. The van der Waals surface area contributed by atoms with Gasteiger partial charge in [-0.25, -0.2) is 9.97 Å². The van der Waals surface area contributed by atoms with Crippen LogP contribution in [0.5, 0.6) is 0 Å². The molecule has 0 amide bonds. The van der Waals surface area contributed by atoms with Crippen LogP contribution in [-0.2, 0) is 13.0 Å². The Balaban J connectivity index is 1.56. The number of aromatic nitrogens is 4. The van der Waals surface area contributed by atoms with Crippen molar-refractivity contribution in [2.75, 3.05) is 11.9 Å². The van der Waals surface area contributed by atoms with Crippen LogP contribution in [-0.4, -0.2) is 26.5 Å². The zero-order valence-electron chi connectivity index (χ0n) is 16.0. The SMILES string of the molecule is Cc1ccnc([C@H](Nc2nc(-c3cccnc3)nc3c2CCNC3)C2CC2)c1. The van der Waals surface area contributed by atoms with Crippen molar-refractivity contribution in [3.63, 3.8) is 0 Å². The second-order valence-corrected chi connectivity index (χ2v) is 7.71. The van der Waals surface area contributed by atoms with Gasteiger partial charge in [0, 0.05) is 36.3 Å². The molecular weight excluding hydrogens is 348 g/mol. The van der Waals surface area contributed by atoms with Gasteiger partial charge in [-0.15, -0.1) is 0 Å². The molecule has 1 fully saturated rings. The number of rotatable bonds is 5. The number of anilines is 1. The molecule has 6 nitrogen and oxygen atoms in total. The van der Waals surface area contributed by atoms with Crippen molar-refractivity contribution < 1.29 is 0 Å². The van der Waals surface area contributed by atoms with E-state index >= 15 is 0 Å².